The van der Waals surface area contributed by atoms with Gasteiger partial charge in [0.2, 0.25) is 0 Å². The number of carbonyl (C=O) groups is 1. The SMILES string of the molecule is CC[C@@H](C)[C@@H](N)C(=O)CC1CCCC1. The number of Topliss-reactive ketones (excluding diaryl/α,β-unsaturated/α-hetero) is 1. The predicted molar refractivity (Wildman–Crippen MR) is 59.0 cm³/mol. The zero-order valence-corrected chi connectivity index (χ0v) is 9.46. The van der Waals surface area contributed by atoms with Crippen molar-refractivity contribution < 1.29 is 4.79 Å². The minimum Gasteiger partial charge on any atom is -0.321 e. The number of ketones is 1. The van der Waals surface area contributed by atoms with Crippen LogP contribution in [0.3, 0.4) is 0 Å². The molecule has 1 aliphatic carbocycles. The van der Waals surface area contributed by atoms with Gasteiger partial charge in [-0.25, -0.2) is 0 Å². The molecule has 2 nitrogen and oxygen atoms in total. The number of hydrogen-bond acceptors (Lipinski definition) is 2. The molecule has 1 fully saturated rings. The molecule has 14 heavy (non-hydrogen) atoms. The lowest BCUT2D eigenvalue weighted by Crippen LogP contribution is -2.37. The summed E-state index contributed by atoms with van der Waals surface area (Å²) in [4.78, 5) is 11.8. The van der Waals surface area contributed by atoms with Crippen molar-refractivity contribution in [2.75, 3.05) is 0 Å². The minimum atomic E-state index is -0.222. The molecule has 0 aromatic rings. The van der Waals surface area contributed by atoms with Crippen LogP contribution in [0.1, 0.15) is 52.4 Å². The molecule has 0 aromatic heterocycles. The van der Waals surface area contributed by atoms with Crippen molar-refractivity contribution >= 4 is 5.78 Å². The first-order valence-corrected chi connectivity index (χ1v) is 5.93. The first-order valence-electron chi connectivity index (χ1n) is 5.93. The van der Waals surface area contributed by atoms with Gasteiger partial charge in [0.25, 0.3) is 0 Å². The monoisotopic (exact) mass is 197 g/mol. The van der Waals surface area contributed by atoms with Crippen molar-refractivity contribution in [2.45, 2.75) is 58.4 Å². The van der Waals surface area contributed by atoms with E-state index in [0.717, 1.165) is 12.8 Å². The maximum absolute atomic E-state index is 11.8. The van der Waals surface area contributed by atoms with Crippen LogP contribution in [0, 0.1) is 11.8 Å². The summed E-state index contributed by atoms with van der Waals surface area (Å²) in [5.41, 5.74) is 5.90. The van der Waals surface area contributed by atoms with Gasteiger partial charge >= 0.3 is 0 Å². The Balaban J connectivity index is 2.32. The number of nitrogens with two attached hydrogens (primary N) is 1. The van der Waals surface area contributed by atoms with Gasteiger partial charge in [-0.15, -0.1) is 0 Å². The zero-order valence-electron chi connectivity index (χ0n) is 9.46. The molecular formula is C12H23NO. The topological polar surface area (TPSA) is 43.1 Å². The molecule has 0 bridgehead atoms. The van der Waals surface area contributed by atoms with Crippen LogP contribution in [0.5, 0.6) is 0 Å². The second-order valence-corrected chi connectivity index (χ2v) is 4.73. The molecular weight excluding hydrogens is 174 g/mol. The van der Waals surface area contributed by atoms with E-state index < -0.39 is 0 Å². The first kappa shape index (κ1) is 11.7. The van der Waals surface area contributed by atoms with Gasteiger partial charge in [-0.05, 0) is 11.8 Å². The molecule has 1 saturated carbocycles. The third-order valence-electron chi connectivity index (χ3n) is 3.59. The smallest absolute Gasteiger partial charge is 0.150 e. The molecule has 0 radical (unpaired) electrons. The minimum absolute atomic E-state index is 0.222. The van der Waals surface area contributed by atoms with Gasteiger partial charge < -0.3 is 5.73 Å². The fraction of sp³-hybridized carbons (Fsp3) is 0.917. The maximum Gasteiger partial charge on any atom is 0.150 e. The third-order valence-corrected chi connectivity index (χ3v) is 3.59. The molecule has 0 aliphatic heterocycles. The second-order valence-electron chi connectivity index (χ2n) is 4.73. The maximum atomic E-state index is 11.8. The molecule has 0 aromatic carbocycles. The normalized spacial score (nSPS) is 22.2. The fourth-order valence-electron chi connectivity index (χ4n) is 2.21. The van der Waals surface area contributed by atoms with Crippen molar-refractivity contribution in [3.8, 4) is 0 Å². The van der Waals surface area contributed by atoms with Gasteiger partial charge in [0, 0.05) is 6.42 Å². The average molecular weight is 197 g/mol. The van der Waals surface area contributed by atoms with Gasteiger partial charge in [-0.1, -0.05) is 46.0 Å². The van der Waals surface area contributed by atoms with Crippen LogP contribution in [-0.4, -0.2) is 11.8 Å². The highest BCUT2D eigenvalue weighted by atomic mass is 16.1. The highest BCUT2D eigenvalue weighted by molar-refractivity contribution is 5.84. The molecule has 1 aliphatic rings. The van der Waals surface area contributed by atoms with Crippen LogP contribution in [0.2, 0.25) is 0 Å². The lowest BCUT2D eigenvalue weighted by molar-refractivity contribution is -0.122. The van der Waals surface area contributed by atoms with E-state index in [4.69, 9.17) is 5.73 Å². The molecule has 2 heteroatoms. The Hall–Kier alpha value is -0.370. The van der Waals surface area contributed by atoms with Crippen LogP contribution in [0.25, 0.3) is 0 Å². The summed E-state index contributed by atoms with van der Waals surface area (Å²) in [6.07, 6.45) is 6.80. The van der Waals surface area contributed by atoms with Crippen LogP contribution >= 0.6 is 0 Å². The van der Waals surface area contributed by atoms with Gasteiger partial charge in [0.15, 0.2) is 0 Å². The molecule has 1 rings (SSSR count). The molecule has 0 heterocycles. The molecule has 2 atom stereocenters. The highest BCUT2D eigenvalue weighted by Gasteiger charge is 2.24. The lowest BCUT2D eigenvalue weighted by Gasteiger charge is -2.18. The summed E-state index contributed by atoms with van der Waals surface area (Å²) in [5.74, 6) is 1.26. The van der Waals surface area contributed by atoms with Crippen molar-refractivity contribution in [2.24, 2.45) is 17.6 Å². The van der Waals surface area contributed by atoms with E-state index in [0.29, 0.717) is 11.8 Å². The Morgan fingerprint density at radius 2 is 2.00 bits per heavy atom. The van der Waals surface area contributed by atoms with Gasteiger partial charge in [-0.3, -0.25) is 4.79 Å². The summed E-state index contributed by atoms with van der Waals surface area (Å²) in [7, 11) is 0. The molecule has 0 unspecified atom stereocenters. The number of hydrogen-bond donors (Lipinski definition) is 1. The Labute approximate surface area is 87.2 Å². The largest absolute Gasteiger partial charge is 0.321 e. The van der Waals surface area contributed by atoms with Crippen LogP contribution in [-0.2, 0) is 4.79 Å². The Bertz CT molecular complexity index is 185. The van der Waals surface area contributed by atoms with Crippen LogP contribution in [0.15, 0.2) is 0 Å². The van der Waals surface area contributed by atoms with Crippen molar-refractivity contribution in [1.29, 1.82) is 0 Å². The predicted octanol–water partition coefficient (Wildman–Crippen LogP) is 2.51. The van der Waals surface area contributed by atoms with Crippen LogP contribution < -0.4 is 5.73 Å². The zero-order chi connectivity index (χ0) is 10.6. The summed E-state index contributed by atoms with van der Waals surface area (Å²) in [6.45, 7) is 4.16. The highest BCUT2D eigenvalue weighted by Crippen LogP contribution is 2.28. The van der Waals surface area contributed by atoms with Crippen molar-refractivity contribution in [3.05, 3.63) is 0 Å². The second kappa shape index (κ2) is 5.50. The first-order chi connectivity index (χ1) is 6.65. The summed E-state index contributed by atoms with van der Waals surface area (Å²) >= 11 is 0. The molecule has 0 saturated heterocycles. The van der Waals surface area contributed by atoms with E-state index >= 15 is 0 Å². The van der Waals surface area contributed by atoms with Crippen molar-refractivity contribution in [1.82, 2.24) is 0 Å². The fourth-order valence-corrected chi connectivity index (χ4v) is 2.21. The average Bonchev–Trinajstić information content (AvgIpc) is 2.68. The molecule has 2 N–H and O–H groups in total. The third kappa shape index (κ3) is 3.09. The lowest BCUT2D eigenvalue weighted by atomic mass is 9.90. The van der Waals surface area contributed by atoms with Crippen LogP contribution in [0.4, 0.5) is 0 Å². The van der Waals surface area contributed by atoms with E-state index in [1.165, 1.54) is 25.7 Å². The van der Waals surface area contributed by atoms with E-state index in [-0.39, 0.29) is 11.8 Å². The molecule has 0 spiro atoms. The number of rotatable bonds is 5. The van der Waals surface area contributed by atoms with Crippen molar-refractivity contribution in [3.63, 3.8) is 0 Å². The summed E-state index contributed by atoms with van der Waals surface area (Å²) in [6, 6.07) is -0.222. The summed E-state index contributed by atoms with van der Waals surface area (Å²) in [5, 5.41) is 0. The standard InChI is InChI=1S/C12H23NO/c1-3-9(2)12(13)11(14)8-10-6-4-5-7-10/h9-10,12H,3-8,13H2,1-2H3/t9-,12-/m1/s1. The van der Waals surface area contributed by atoms with Gasteiger partial charge in [0.05, 0.1) is 6.04 Å². The Kier molecular flexibility index (Phi) is 4.59. The number of carbonyl (C=O) groups excluding carboxylic acids is 1. The van der Waals surface area contributed by atoms with E-state index in [1.54, 1.807) is 0 Å². The van der Waals surface area contributed by atoms with Gasteiger partial charge in [0.1, 0.15) is 5.78 Å². The summed E-state index contributed by atoms with van der Waals surface area (Å²) < 4.78 is 0. The Morgan fingerprint density at radius 1 is 1.43 bits per heavy atom. The quantitative estimate of drug-likeness (QED) is 0.736. The molecule has 82 valence electrons. The molecule has 0 amide bonds. The Morgan fingerprint density at radius 3 is 2.50 bits per heavy atom. The van der Waals surface area contributed by atoms with E-state index in [9.17, 15) is 4.79 Å². The van der Waals surface area contributed by atoms with E-state index in [1.807, 2.05) is 0 Å². The van der Waals surface area contributed by atoms with Gasteiger partial charge in [-0.2, -0.15) is 0 Å². The van der Waals surface area contributed by atoms with E-state index in [2.05, 4.69) is 13.8 Å².